The Kier molecular flexibility index (Phi) is 3.07. The topological polar surface area (TPSA) is 54.6 Å². The summed E-state index contributed by atoms with van der Waals surface area (Å²) in [6.07, 6.45) is 3.86. The largest absolute Gasteiger partial charge is 0.490 e. The van der Waals surface area contributed by atoms with Crippen LogP contribution in [0.25, 0.3) is 0 Å². The molecule has 2 saturated heterocycles. The van der Waals surface area contributed by atoms with E-state index < -0.39 is 0 Å². The third-order valence-corrected chi connectivity index (χ3v) is 5.20. The van der Waals surface area contributed by atoms with Crippen LogP contribution in [0.2, 0.25) is 0 Å². The molecule has 0 aromatic carbocycles. The summed E-state index contributed by atoms with van der Waals surface area (Å²) in [5.41, 5.74) is 5.84. The van der Waals surface area contributed by atoms with Crippen LogP contribution in [0.4, 0.5) is 10.8 Å². The maximum atomic E-state index is 5.84. The van der Waals surface area contributed by atoms with Crippen molar-refractivity contribution in [2.75, 3.05) is 37.9 Å². The normalized spacial score (nSPS) is 28.4. The molecule has 3 heterocycles. The zero-order valence-corrected chi connectivity index (χ0v) is 11.7. The molecule has 5 nitrogen and oxygen atoms in total. The molecule has 6 heteroatoms. The number of anilines is 2. The van der Waals surface area contributed by atoms with E-state index in [4.69, 9.17) is 10.5 Å². The van der Waals surface area contributed by atoms with Crippen LogP contribution in [0.5, 0.6) is 5.75 Å². The Hall–Kier alpha value is -1.01. The Labute approximate surface area is 112 Å². The van der Waals surface area contributed by atoms with Crippen molar-refractivity contribution in [1.29, 1.82) is 0 Å². The van der Waals surface area contributed by atoms with E-state index in [1.54, 1.807) is 7.11 Å². The summed E-state index contributed by atoms with van der Waals surface area (Å²) in [5.74, 6) is 1.26. The van der Waals surface area contributed by atoms with Gasteiger partial charge in [-0.15, -0.1) is 0 Å². The van der Waals surface area contributed by atoms with Crippen molar-refractivity contribution in [3.63, 3.8) is 0 Å². The first-order chi connectivity index (χ1) is 8.70. The molecule has 18 heavy (non-hydrogen) atoms. The average Bonchev–Trinajstić information content (AvgIpc) is 2.81. The summed E-state index contributed by atoms with van der Waals surface area (Å²) in [6, 6.07) is 1.40. The molecule has 2 N–H and O–H groups in total. The molecule has 2 bridgehead atoms. The van der Waals surface area contributed by atoms with Gasteiger partial charge in [0.1, 0.15) is 0 Å². The highest BCUT2D eigenvalue weighted by Crippen LogP contribution is 2.40. The quantitative estimate of drug-likeness (QED) is 0.879. The number of rotatable bonds is 2. The maximum Gasteiger partial charge on any atom is 0.197 e. The Morgan fingerprint density at radius 1 is 1.33 bits per heavy atom. The molecule has 100 valence electrons. The molecular weight excluding hydrogens is 248 g/mol. The van der Waals surface area contributed by atoms with Gasteiger partial charge in [0, 0.05) is 25.2 Å². The molecule has 2 unspecified atom stereocenters. The molecule has 0 radical (unpaired) electrons. The second-order valence-corrected chi connectivity index (χ2v) is 5.94. The van der Waals surface area contributed by atoms with Gasteiger partial charge in [-0.1, -0.05) is 0 Å². The number of ether oxygens (including phenoxy) is 1. The van der Waals surface area contributed by atoms with Crippen LogP contribution in [0.3, 0.4) is 0 Å². The molecule has 0 amide bonds. The lowest BCUT2D eigenvalue weighted by molar-refractivity contribution is 0.254. The number of nitrogens with zero attached hydrogens (tertiary/aromatic N) is 3. The number of nitrogen functional groups attached to an aromatic ring is 1. The first-order valence-electron chi connectivity index (χ1n) is 6.46. The first-order valence-corrected chi connectivity index (χ1v) is 7.24. The second kappa shape index (κ2) is 4.59. The molecule has 2 aliphatic heterocycles. The monoisotopic (exact) mass is 268 g/mol. The van der Waals surface area contributed by atoms with Gasteiger partial charge in [0.05, 0.1) is 7.11 Å². The van der Waals surface area contributed by atoms with Crippen molar-refractivity contribution >= 4 is 22.4 Å². The number of hydrogen-bond donors (Lipinski definition) is 1. The average molecular weight is 268 g/mol. The van der Waals surface area contributed by atoms with Crippen LogP contribution < -0.4 is 15.4 Å². The predicted molar refractivity (Wildman–Crippen MR) is 74.5 cm³/mol. The standard InChI is InChI=1S/C12H20N4OS/c1-15-8-3-4-9(15)7-16(6-5-8)12-10(17-2)11(13)14-18-12/h8-9H,3-7H2,1-2H3,(H2,13,14). The van der Waals surface area contributed by atoms with E-state index in [1.807, 2.05) is 0 Å². The summed E-state index contributed by atoms with van der Waals surface area (Å²) >= 11 is 1.45. The number of fused-ring (bicyclic) bond motifs is 2. The van der Waals surface area contributed by atoms with Crippen molar-refractivity contribution in [1.82, 2.24) is 9.27 Å². The molecule has 1 aromatic heterocycles. The van der Waals surface area contributed by atoms with Crippen LogP contribution >= 0.6 is 11.5 Å². The molecule has 0 saturated carbocycles. The van der Waals surface area contributed by atoms with Crippen LogP contribution in [0, 0.1) is 0 Å². The zero-order chi connectivity index (χ0) is 12.7. The van der Waals surface area contributed by atoms with E-state index in [9.17, 15) is 0 Å². The number of aromatic nitrogens is 1. The highest BCUT2D eigenvalue weighted by molar-refractivity contribution is 7.11. The molecule has 2 aliphatic rings. The lowest BCUT2D eigenvalue weighted by Gasteiger charge is -2.26. The number of methoxy groups -OCH3 is 1. The van der Waals surface area contributed by atoms with Gasteiger partial charge in [-0.2, -0.15) is 4.37 Å². The smallest absolute Gasteiger partial charge is 0.197 e. The van der Waals surface area contributed by atoms with Crippen molar-refractivity contribution in [3.05, 3.63) is 0 Å². The molecular formula is C12H20N4OS. The zero-order valence-electron chi connectivity index (χ0n) is 10.9. The fraction of sp³-hybridized carbons (Fsp3) is 0.750. The fourth-order valence-electron chi connectivity index (χ4n) is 3.17. The van der Waals surface area contributed by atoms with E-state index in [-0.39, 0.29) is 0 Å². The van der Waals surface area contributed by atoms with E-state index in [0.29, 0.717) is 11.9 Å². The van der Waals surface area contributed by atoms with Gasteiger partial charge < -0.3 is 15.4 Å². The molecule has 2 atom stereocenters. The Morgan fingerprint density at radius 3 is 2.89 bits per heavy atom. The van der Waals surface area contributed by atoms with E-state index in [0.717, 1.165) is 29.9 Å². The summed E-state index contributed by atoms with van der Waals surface area (Å²) in [5, 5.41) is 1.09. The van der Waals surface area contributed by atoms with Gasteiger partial charge >= 0.3 is 0 Å². The number of hydrogen-bond acceptors (Lipinski definition) is 6. The molecule has 0 spiro atoms. The minimum atomic E-state index is 0.514. The van der Waals surface area contributed by atoms with Gasteiger partial charge in [0.2, 0.25) is 0 Å². The maximum absolute atomic E-state index is 5.84. The van der Waals surface area contributed by atoms with Crippen molar-refractivity contribution in [2.24, 2.45) is 0 Å². The third kappa shape index (κ3) is 1.83. The lowest BCUT2D eigenvalue weighted by atomic mass is 10.1. The van der Waals surface area contributed by atoms with Crippen molar-refractivity contribution < 1.29 is 4.74 Å². The van der Waals surface area contributed by atoms with Crippen LogP contribution in [0.15, 0.2) is 0 Å². The molecule has 2 fully saturated rings. The minimum absolute atomic E-state index is 0.514. The molecule has 1 aromatic rings. The highest BCUT2D eigenvalue weighted by atomic mass is 32.1. The van der Waals surface area contributed by atoms with E-state index in [1.165, 1.54) is 30.8 Å². The Morgan fingerprint density at radius 2 is 2.11 bits per heavy atom. The van der Waals surface area contributed by atoms with Gasteiger partial charge in [-0.25, -0.2) is 0 Å². The summed E-state index contributed by atoms with van der Waals surface area (Å²) in [6.45, 7) is 2.13. The van der Waals surface area contributed by atoms with Crippen LogP contribution in [-0.2, 0) is 0 Å². The van der Waals surface area contributed by atoms with Crippen molar-refractivity contribution in [2.45, 2.75) is 31.3 Å². The summed E-state index contributed by atoms with van der Waals surface area (Å²) in [7, 11) is 3.92. The van der Waals surface area contributed by atoms with Gasteiger partial charge in [-0.3, -0.25) is 4.90 Å². The molecule has 0 aliphatic carbocycles. The van der Waals surface area contributed by atoms with Gasteiger partial charge in [-0.05, 0) is 37.8 Å². The lowest BCUT2D eigenvalue weighted by Crippen LogP contribution is -2.36. The van der Waals surface area contributed by atoms with Crippen molar-refractivity contribution in [3.8, 4) is 5.75 Å². The van der Waals surface area contributed by atoms with Crippen LogP contribution in [0.1, 0.15) is 19.3 Å². The highest BCUT2D eigenvalue weighted by Gasteiger charge is 2.36. The fourth-order valence-corrected chi connectivity index (χ4v) is 3.99. The Balaban J connectivity index is 1.84. The third-order valence-electron chi connectivity index (χ3n) is 4.30. The second-order valence-electron chi connectivity index (χ2n) is 5.19. The SMILES string of the molecule is COc1c(N)nsc1N1CCC2CCC(C1)N2C. The minimum Gasteiger partial charge on any atom is -0.490 e. The van der Waals surface area contributed by atoms with Crippen LogP contribution in [-0.4, -0.2) is 48.6 Å². The van der Waals surface area contributed by atoms with E-state index >= 15 is 0 Å². The van der Waals surface area contributed by atoms with Gasteiger partial charge in [0.25, 0.3) is 0 Å². The number of likely N-dealkylation sites (N-methyl/N-ethyl adjacent to an activating group) is 1. The number of nitrogens with two attached hydrogens (primary N) is 1. The predicted octanol–water partition coefficient (Wildman–Crippen LogP) is 1.41. The summed E-state index contributed by atoms with van der Waals surface area (Å²) in [4.78, 5) is 4.93. The van der Waals surface area contributed by atoms with Gasteiger partial charge in [0.15, 0.2) is 16.6 Å². The Bertz CT molecular complexity index is 436. The first kappa shape index (κ1) is 12.0. The summed E-state index contributed by atoms with van der Waals surface area (Å²) < 4.78 is 9.60. The molecule has 3 rings (SSSR count). The van der Waals surface area contributed by atoms with E-state index in [2.05, 4.69) is 21.2 Å².